The number of rotatable bonds is 4. The van der Waals surface area contributed by atoms with E-state index in [0.29, 0.717) is 5.95 Å². The van der Waals surface area contributed by atoms with Gasteiger partial charge in [0.25, 0.3) is 0 Å². The summed E-state index contributed by atoms with van der Waals surface area (Å²) in [4.78, 5) is 10.5. The monoisotopic (exact) mass is 563 g/mol. The van der Waals surface area contributed by atoms with E-state index in [1.54, 1.807) is 0 Å². The van der Waals surface area contributed by atoms with E-state index in [0.717, 1.165) is 66.6 Å². The normalized spacial score (nSPS) is 11.6. The van der Waals surface area contributed by atoms with Crippen LogP contribution in [-0.2, 0) is 0 Å². The SMILES string of the molecule is c1ccc(-c2cc(-c3ccccc3-c3cccc4oc5ccccc5c34)nc(-n3c4ccccc4c4ccccc43)n2)cc1. The second kappa shape index (κ2) is 9.79. The molecule has 0 saturated heterocycles. The molecule has 44 heavy (non-hydrogen) atoms. The highest BCUT2D eigenvalue weighted by Gasteiger charge is 2.19. The van der Waals surface area contributed by atoms with Crippen LogP contribution < -0.4 is 0 Å². The van der Waals surface area contributed by atoms with E-state index in [-0.39, 0.29) is 0 Å². The lowest BCUT2D eigenvalue weighted by Gasteiger charge is -2.14. The molecule has 3 aromatic heterocycles. The van der Waals surface area contributed by atoms with E-state index in [2.05, 4.69) is 132 Å². The topological polar surface area (TPSA) is 43.9 Å². The lowest BCUT2D eigenvalue weighted by atomic mass is 9.93. The molecule has 0 aliphatic rings. The molecule has 9 aromatic rings. The molecule has 4 nitrogen and oxygen atoms in total. The van der Waals surface area contributed by atoms with E-state index < -0.39 is 0 Å². The molecule has 0 fully saturated rings. The summed E-state index contributed by atoms with van der Waals surface area (Å²) in [7, 11) is 0. The highest BCUT2D eigenvalue weighted by Crippen LogP contribution is 2.41. The lowest BCUT2D eigenvalue weighted by Crippen LogP contribution is -2.04. The van der Waals surface area contributed by atoms with Gasteiger partial charge in [-0.05, 0) is 41.5 Å². The van der Waals surface area contributed by atoms with Crippen LogP contribution in [0.4, 0.5) is 0 Å². The minimum atomic E-state index is 0.639. The summed E-state index contributed by atoms with van der Waals surface area (Å²) >= 11 is 0. The Morgan fingerprint density at radius 2 is 1.00 bits per heavy atom. The first kappa shape index (κ1) is 24.6. The van der Waals surface area contributed by atoms with Gasteiger partial charge in [-0.15, -0.1) is 0 Å². The summed E-state index contributed by atoms with van der Waals surface area (Å²) in [5, 5.41) is 4.57. The number of para-hydroxylation sites is 3. The fourth-order valence-electron chi connectivity index (χ4n) is 6.51. The van der Waals surface area contributed by atoms with Crippen LogP contribution >= 0.6 is 0 Å². The van der Waals surface area contributed by atoms with Crippen molar-refractivity contribution in [2.24, 2.45) is 0 Å². The highest BCUT2D eigenvalue weighted by atomic mass is 16.3. The average Bonchev–Trinajstić information content (AvgIpc) is 3.65. The van der Waals surface area contributed by atoms with Gasteiger partial charge in [-0.2, -0.15) is 0 Å². The van der Waals surface area contributed by atoms with Crippen LogP contribution in [0.1, 0.15) is 0 Å². The van der Waals surface area contributed by atoms with Gasteiger partial charge in [0, 0.05) is 32.7 Å². The number of hydrogen-bond acceptors (Lipinski definition) is 3. The van der Waals surface area contributed by atoms with Gasteiger partial charge in [0.05, 0.1) is 22.4 Å². The van der Waals surface area contributed by atoms with Gasteiger partial charge in [-0.25, -0.2) is 9.97 Å². The molecular weight excluding hydrogens is 538 g/mol. The second-order valence-corrected chi connectivity index (χ2v) is 11.0. The van der Waals surface area contributed by atoms with Gasteiger partial charge in [-0.3, -0.25) is 4.57 Å². The Kier molecular flexibility index (Phi) is 5.47. The molecule has 206 valence electrons. The van der Waals surface area contributed by atoms with Gasteiger partial charge in [-0.1, -0.05) is 121 Å². The quantitative estimate of drug-likeness (QED) is 0.214. The Hall–Kier alpha value is -6.00. The van der Waals surface area contributed by atoms with Crippen LogP contribution in [0.25, 0.3) is 83.3 Å². The minimum absolute atomic E-state index is 0.639. The Labute approximate surface area is 253 Å². The molecular formula is C40H25N3O. The Bertz CT molecular complexity index is 2450. The molecule has 0 atom stereocenters. The zero-order valence-corrected chi connectivity index (χ0v) is 23.7. The molecule has 0 spiro atoms. The summed E-state index contributed by atoms with van der Waals surface area (Å²) in [6.45, 7) is 0. The number of hydrogen-bond donors (Lipinski definition) is 0. The van der Waals surface area contributed by atoms with Crippen LogP contribution in [-0.4, -0.2) is 14.5 Å². The second-order valence-electron chi connectivity index (χ2n) is 11.0. The summed E-state index contributed by atoms with van der Waals surface area (Å²) in [5.41, 5.74) is 9.92. The third kappa shape index (κ3) is 3.78. The fraction of sp³-hybridized carbons (Fsp3) is 0. The van der Waals surface area contributed by atoms with E-state index in [1.807, 2.05) is 24.3 Å². The van der Waals surface area contributed by atoms with Gasteiger partial charge >= 0.3 is 0 Å². The third-order valence-electron chi connectivity index (χ3n) is 8.46. The molecule has 0 radical (unpaired) electrons. The van der Waals surface area contributed by atoms with Crippen molar-refractivity contribution in [2.45, 2.75) is 0 Å². The number of furan rings is 1. The molecule has 9 rings (SSSR count). The van der Waals surface area contributed by atoms with Crippen LogP contribution in [0.2, 0.25) is 0 Å². The standard InChI is InChI=1S/C40H25N3O/c1-2-13-26(14-3-1)33-25-34(42-40(41-33)43-35-21-9-6-17-29(35)30-18-7-10-22-36(30)43)28-16-5-4-15-27(28)31-20-12-24-38-39(31)32-19-8-11-23-37(32)44-38/h1-25H. The summed E-state index contributed by atoms with van der Waals surface area (Å²) in [6.07, 6.45) is 0. The molecule has 0 amide bonds. The van der Waals surface area contributed by atoms with Crippen LogP contribution in [0.15, 0.2) is 156 Å². The van der Waals surface area contributed by atoms with E-state index >= 15 is 0 Å². The molecule has 4 heteroatoms. The zero-order chi connectivity index (χ0) is 29.0. The van der Waals surface area contributed by atoms with Crippen molar-refractivity contribution >= 4 is 43.7 Å². The van der Waals surface area contributed by atoms with E-state index in [1.165, 1.54) is 10.8 Å². The van der Waals surface area contributed by atoms with Crippen molar-refractivity contribution < 1.29 is 4.42 Å². The van der Waals surface area contributed by atoms with Gasteiger partial charge in [0.1, 0.15) is 11.2 Å². The molecule has 3 heterocycles. The molecule has 0 bridgehead atoms. The number of nitrogens with zero attached hydrogens (tertiary/aromatic N) is 3. The molecule has 0 aliphatic carbocycles. The Morgan fingerprint density at radius 1 is 0.432 bits per heavy atom. The van der Waals surface area contributed by atoms with Crippen LogP contribution in [0.3, 0.4) is 0 Å². The zero-order valence-electron chi connectivity index (χ0n) is 23.7. The Morgan fingerprint density at radius 3 is 1.77 bits per heavy atom. The van der Waals surface area contributed by atoms with Crippen LogP contribution in [0, 0.1) is 0 Å². The van der Waals surface area contributed by atoms with Crippen LogP contribution in [0.5, 0.6) is 0 Å². The predicted octanol–water partition coefficient (Wildman–Crippen LogP) is 10.5. The third-order valence-corrected chi connectivity index (χ3v) is 8.46. The summed E-state index contributed by atoms with van der Waals surface area (Å²) < 4.78 is 8.45. The number of aromatic nitrogens is 3. The van der Waals surface area contributed by atoms with Crippen molar-refractivity contribution in [1.82, 2.24) is 14.5 Å². The molecule has 6 aromatic carbocycles. The van der Waals surface area contributed by atoms with Crippen molar-refractivity contribution in [2.75, 3.05) is 0 Å². The smallest absolute Gasteiger partial charge is 0.235 e. The van der Waals surface area contributed by atoms with Gasteiger partial charge in [0.2, 0.25) is 5.95 Å². The Balaban J connectivity index is 1.35. The molecule has 0 aliphatic heterocycles. The minimum Gasteiger partial charge on any atom is -0.456 e. The first-order chi connectivity index (χ1) is 21.8. The van der Waals surface area contributed by atoms with Crippen molar-refractivity contribution in [1.29, 1.82) is 0 Å². The first-order valence-electron chi connectivity index (χ1n) is 14.8. The molecule has 0 saturated carbocycles. The number of fused-ring (bicyclic) bond motifs is 6. The molecule has 0 N–H and O–H groups in total. The predicted molar refractivity (Wildman–Crippen MR) is 180 cm³/mol. The largest absolute Gasteiger partial charge is 0.456 e. The number of benzene rings is 6. The van der Waals surface area contributed by atoms with Gasteiger partial charge < -0.3 is 4.42 Å². The maximum atomic E-state index is 6.26. The van der Waals surface area contributed by atoms with Gasteiger partial charge in [0.15, 0.2) is 0 Å². The van der Waals surface area contributed by atoms with Crippen molar-refractivity contribution in [3.8, 4) is 39.6 Å². The average molecular weight is 564 g/mol. The maximum Gasteiger partial charge on any atom is 0.235 e. The molecule has 0 unspecified atom stereocenters. The lowest BCUT2D eigenvalue weighted by molar-refractivity contribution is 0.669. The van der Waals surface area contributed by atoms with Crippen molar-refractivity contribution in [3.05, 3.63) is 152 Å². The summed E-state index contributed by atoms with van der Waals surface area (Å²) in [5.74, 6) is 0.639. The first-order valence-corrected chi connectivity index (χ1v) is 14.8. The van der Waals surface area contributed by atoms with E-state index in [4.69, 9.17) is 14.4 Å². The van der Waals surface area contributed by atoms with E-state index in [9.17, 15) is 0 Å². The maximum absolute atomic E-state index is 6.26. The summed E-state index contributed by atoms with van der Waals surface area (Å²) in [6, 6.07) is 52.4. The van der Waals surface area contributed by atoms with Crippen molar-refractivity contribution in [3.63, 3.8) is 0 Å². The fourth-order valence-corrected chi connectivity index (χ4v) is 6.51. The highest BCUT2D eigenvalue weighted by molar-refractivity contribution is 6.13.